The molecule has 4 heterocycles. The zero-order chi connectivity index (χ0) is 35.6. The SMILES string of the molecule is CCC(CC)C(=O)/C=C(\O)C(CC)CC.[2H]C([2H])([2H])c1ccc2c(n1)oc1c(-c3ccc4sc(C(C)(C)C(C)(C)C)cc4n3)[c-]ccc12.[Ir]. The molecule has 1 N–H and O–H groups in total. The number of aliphatic hydroxyl groups excluding tert-OH is 1. The average Bonchev–Trinajstić information content (AvgIpc) is 3.63. The number of benzene rings is 1. The van der Waals surface area contributed by atoms with E-state index in [1.807, 2.05) is 45.9 Å². The molecule has 0 aliphatic rings. The van der Waals surface area contributed by atoms with Crippen molar-refractivity contribution in [1.29, 1.82) is 0 Å². The molecular weight excluding hydrogens is 769 g/mol. The number of aromatic nitrogens is 2. The molecule has 0 aliphatic heterocycles. The number of hydrogen-bond acceptors (Lipinski definition) is 6. The first-order chi connectivity index (χ1) is 22.5. The summed E-state index contributed by atoms with van der Waals surface area (Å²) in [5, 5.41) is 11.4. The van der Waals surface area contributed by atoms with Crippen molar-refractivity contribution in [2.75, 3.05) is 0 Å². The Morgan fingerprint density at radius 1 is 0.978 bits per heavy atom. The maximum absolute atomic E-state index is 11.7. The van der Waals surface area contributed by atoms with Gasteiger partial charge in [0.2, 0.25) is 5.71 Å². The molecule has 249 valence electrons. The van der Waals surface area contributed by atoms with Crippen LogP contribution < -0.4 is 0 Å². The van der Waals surface area contributed by atoms with E-state index in [4.69, 9.17) is 13.5 Å². The molecule has 0 saturated carbocycles. The number of hydrogen-bond donors (Lipinski definition) is 1. The van der Waals surface area contributed by atoms with E-state index in [-0.39, 0.29) is 60.0 Å². The van der Waals surface area contributed by atoms with E-state index in [9.17, 15) is 9.90 Å². The Labute approximate surface area is 296 Å². The largest absolute Gasteiger partial charge is 0.512 e. The van der Waals surface area contributed by atoms with Gasteiger partial charge in [0.1, 0.15) is 0 Å². The van der Waals surface area contributed by atoms with Crippen molar-refractivity contribution in [3.8, 4) is 11.3 Å². The number of rotatable bonds is 9. The third kappa shape index (κ3) is 7.81. The summed E-state index contributed by atoms with van der Waals surface area (Å²) in [5.74, 6) is 0.547. The normalized spacial score (nSPS) is 13.8. The molecule has 7 heteroatoms. The van der Waals surface area contributed by atoms with Gasteiger partial charge in [-0.2, -0.15) is 0 Å². The molecule has 5 aromatic rings. The van der Waals surface area contributed by atoms with Gasteiger partial charge in [-0.05, 0) is 67.9 Å². The summed E-state index contributed by atoms with van der Waals surface area (Å²) in [7, 11) is 0. The van der Waals surface area contributed by atoms with Crippen LogP contribution in [0.1, 0.15) is 103 Å². The molecule has 0 saturated heterocycles. The summed E-state index contributed by atoms with van der Waals surface area (Å²) >= 11 is 1.79. The second kappa shape index (κ2) is 15.4. The third-order valence-electron chi connectivity index (χ3n) is 9.50. The second-order valence-corrected chi connectivity index (χ2v) is 14.4. The first-order valence-electron chi connectivity index (χ1n) is 17.6. The zero-order valence-corrected chi connectivity index (χ0v) is 31.7. The summed E-state index contributed by atoms with van der Waals surface area (Å²) in [4.78, 5) is 22.2. The first-order valence-corrected chi connectivity index (χ1v) is 16.9. The van der Waals surface area contributed by atoms with Gasteiger partial charge in [-0.1, -0.05) is 79.3 Å². The van der Waals surface area contributed by atoms with Gasteiger partial charge in [0, 0.05) is 63.5 Å². The number of nitrogens with zero attached hydrogens (tertiary/aromatic N) is 2. The fourth-order valence-corrected chi connectivity index (χ4v) is 6.65. The molecule has 0 spiro atoms. The van der Waals surface area contributed by atoms with Crippen LogP contribution >= 0.6 is 11.3 Å². The smallest absolute Gasteiger partial charge is 0.216 e. The van der Waals surface area contributed by atoms with Gasteiger partial charge in [0.15, 0.2) is 5.78 Å². The van der Waals surface area contributed by atoms with E-state index >= 15 is 0 Å². The van der Waals surface area contributed by atoms with Crippen LogP contribution in [0, 0.1) is 30.2 Å². The standard InChI is InChI=1S/C26H25N2OS.C13H24O2.Ir/c1-15-10-11-17-16-8-7-9-18(23(16)29-24(17)27-15)19-12-13-21-20(28-19)14-22(30-21)26(5,6)25(2,3)4;1-5-10(6-2)12(14)9-13(15)11(7-3)8-4;/h7-8,10-14H,1-6H3;9-11,14H,5-8H2,1-4H3;/q-1;;/b;12-9-;/i1D3;;. The van der Waals surface area contributed by atoms with Crippen LogP contribution in [0.25, 0.3) is 43.5 Å². The maximum Gasteiger partial charge on any atom is 0.216 e. The molecule has 0 amide bonds. The topological polar surface area (TPSA) is 76.2 Å². The summed E-state index contributed by atoms with van der Waals surface area (Å²) in [5.41, 5.74) is 3.53. The average molecular weight is 821 g/mol. The van der Waals surface area contributed by atoms with Crippen LogP contribution in [0.15, 0.2) is 58.7 Å². The number of furan rings is 1. The molecular formula is C39H49IrN2O3S-. The summed E-state index contributed by atoms with van der Waals surface area (Å²) in [6.45, 7) is 17.1. The molecule has 0 aliphatic carbocycles. The molecule has 0 atom stereocenters. The number of aryl methyl sites for hydroxylation is 1. The molecule has 0 unspecified atom stereocenters. The van der Waals surface area contributed by atoms with Crippen LogP contribution in [0.5, 0.6) is 0 Å². The molecule has 4 aromatic heterocycles. The van der Waals surface area contributed by atoms with Crippen molar-refractivity contribution in [1.82, 2.24) is 9.97 Å². The Bertz CT molecular complexity index is 1930. The van der Waals surface area contributed by atoms with Crippen LogP contribution in [0.4, 0.5) is 0 Å². The predicted octanol–water partition coefficient (Wildman–Crippen LogP) is 11.6. The van der Waals surface area contributed by atoms with E-state index in [2.05, 4.69) is 57.8 Å². The number of carbonyl (C=O) groups excluding carboxylic acids is 1. The molecule has 0 fully saturated rings. The number of allylic oxidation sites excluding steroid dienone is 2. The number of fused-ring (bicyclic) bond motifs is 4. The van der Waals surface area contributed by atoms with Crippen molar-refractivity contribution in [3.63, 3.8) is 0 Å². The fourth-order valence-electron chi connectivity index (χ4n) is 5.33. The summed E-state index contributed by atoms with van der Waals surface area (Å²) in [6.07, 6.45) is 4.91. The number of thiophene rings is 1. The Morgan fingerprint density at radius 3 is 2.26 bits per heavy atom. The zero-order valence-electron chi connectivity index (χ0n) is 31.5. The third-order valence-corrected chi connectivity index (χ3v) is 10.9. The summed E-state index contributed by atoms with van der Waals surface area (Å²) < 4.78 is 30.1. The van der Waals surface area contributed by atoms with E-state index in [1.54, 1.807) is 17.4 Å². The van der Waals surface area contributed by atoms with Crippen LogP contribution in [-0.2, 0) is 30.3 Å². The van der Waals surface area contributed by atoms with E-state index in [0.717, 1.165) is 57.9 Å². The predicted molar refractivity (Wildman–Crippen MR) is 190 cm³/mol. The van der Waals surface area contributed by atoms with Gasteiger partial charge in [0.05, 0.1) is 21.6 Å². The maximum atomic E-state index is 11.7. The summed E-state index contributed by atoms with van der Waals surface area (Å²) in [6, 6.07) is 16.6. The van der Waals surface area contributed by atoms with Crippen molar-refractivity contribution >= 4 is 49.4 Å². The Balaban J connectivity index is 0.000000347. The van der Waals surface area contributed by atoms with Gasteiger partial charge in [0.25, 0.3) is 0 Å². The fraction of sp³-hybridized carbons (Fsp3) is 0.462. The molecule has 5 rings (SSSR count). The quantitative estimate of drug-likeness (QED) is 0.0910. The molecule has 46 heavy (non-hydrogen) atoms. The van der Waals surface area contributed by atoms with Crippen molar-refractivity contribution in [2.45, 2.75) is 100 Å². The van der Waals surface area contributed by atoms with Crippen LogP contribution in [-0.4, -0.2) is 20.9 Å². The van der Waals surface area contributed by atoms with E-state index in [0.29, 0.717) is 11.3 Å². The van der Waals surface area contributed by atoms with Crippen molar-refractivity contribution in [2.24, 2.45) is 17.3 Å². The number of aliphatic hydroxyl groups is 1. The second-order valence-electron chi connectivity index (χ2n) is 13.3. The van der Waals surface area contributed by atoms with Crippen molar-refractivity contribution in [3.05, 3.63) is 70.9 Å². The number of ketones is 1. The molecule has 1 radical (unpaired) electrons. The first kappa shape index (κ1) is 33.1. The Hall–Kier alpha value is -2.86. The van der Waals surface area contributed by atoms with Gasteiger partial charge in [-0.3, -0.25) is 9.78 Å². The monoisotopic (exact) mass is 821 g/mol. The minimum absolute atomic E-state index is 0. The molecule has 1 aromatic carbocycles. The Kier molecular flexibility index (Phi) is 11.0. The van der Waals surface area contributed by atoms with Gasteiger partial charge in [-0.15, -0.1) is 29.5 Å². The van der Waals surface area contributed by atoms with Gasteiger partial charge >= 0.3 is 0 Å². The van der Waals surface area contributed by atoms with Gasteiger partial charge < -0.3 is 9.52 Å². The van der Waals surface area contributed by atoms with Crippen LogP contribution in [0.2, 0.25) is 0 Å². The minimum Gasteiger partial charge on any atom is -0.512 e. The minimum atomic E-state index is -2.29. The van der Waals surface area contributed by atoms with Crippen molar-refractivity contribution < 1.29 is 38.5 Å². The molecule has 5 nitrogen and oxygen atoms in total. The van der Waals surface area contributed by atoms with Crippen LogP contribution in [0.3, 0.4) is 0 Å². The van der Waals surface area contributed by atoms with E-state index in [1.165, 1.54) is 17.0 Å². The van der Waals surface area contributed by atoms with Gasteiger partial charge in [-0.25, -0.2) is 4.98 Å². The molecule has 0 bridgehead atoms. The Morgan fingerprint density at radius 2 is 1.65 bits per heavy atom. The number of pyridine rings is 2. The number of carbonyl (C=O) groups is 1. The van der Waals surface area contributed by atoms with E-state index < -0.39 is 6.85 Å².